The monoisotopic (exact) mass is 354 g/mol. The molecule has 7 heteroatoms. The van der Waals surface area contributed by atoms with Crippen molar-refractivity contribution >= 4 is 29.2 Å². The van der Waals surface area contributed by atoms with Gasteiger partial charge < -0.3 is 14.9 Å². The fourth-order valence-corrected chi connectivity index (χ4v) is 3.69. The number of benzene rings is 1. The summed E-state index contributed by atoms with van der Waals surface area (Å²) in [5, 5.41) is 9.71. The predicted octanol–water partition coefficient (Wildman–Crippen LogP) is 2.77. The van der Waals surface area contributed by atoms with Gasteiger partial charge >= 0.3 is 5.97 Å². The highest BCUT2D eigenvalue weighted by atomic mass is 35.5. The minimum atomic E-state index is -0.862. The Balaban J connectivity index is 1.58. The number of carbonyl (C=O) groups excluding carboxylic acids is 1. The van der Waals surface area contributed by atoms with E-state index in [9.17, 15) is 19.1 Å². The number of nitrogens with zero attached hydrogens (tertiary/aromatic N) is 2. The molecule has 0 atom stereocenters. The van der Waals surface area contributed by atoms with Gasteiger partial charge in [0.25, 0.3) is 0 Å². The normalized spacial score (nSPS) is 19.8. The fraction of sp³-hybridized carbons (Fsp3) is 0.529. The summed E-state index contributed by atoms with van der Waals surface area (Å²) in [5.74, 6) is -1.34. The van der Waals surface area contributed by atoms with Crippen LogP contribution < -0.4 is 4.90 Å². The van der Waals surface area contributed by atoms with Gasteiger partial charge in [-0.1, -0.05) is 18.0 Å². The van der Waals surface area contributed by atoms with E-state index < -0.39 is 11.4 Å². The Bertz CT molecular complexity index is 655. The number of amides is 1. The number of aliphatic carboxylic acids is 1. The van der Waals surface area contributed by atoms with Crippen LogP contribution in [0.5, 0.6) is 0 Å². The fourth-order valence-electron chi connectivity index (χ4n) is 3.41. The minimum Gasteiger partial charge on any atom is -0.481 e. The van der Waals surface area contributed by atoms with Crippen molar-refractivity contribution in [2.24, 2.45) is 5.41 Å². The molecule has 1 aliphatic carbocycles. The van der Waals surface area contributed by atoms with Gasteiger partial charge in [-0.15, -0.1) is 0 Å². The highest BCUT2D eigenvalue weighted by Gasteiger charge is 2.46. The molecular formula is C17H20ClFN2O3. The molecule has 1 N–H and O–H groups in total. The molecule has 0 aromatic heterocycles. The van der Waals surface area contributed by atoms with E-state index in [1.807, 2.05) is 4.90 Å². The van der Waals surface area contributed by atoms with Crippen LogP contribution in [-0.2, 0) is 9.59 Å². The molecule has 2 aliphatic rings. The molecule has 0 unspecified atom stereocenters. The molecule has 2 fully saturated rings. The third-order valence-corrected chi connectivity index (χ3v) is 5.44. The number of piperazine rings is 1. The molecule has 1 saturated carbocycles. The summed E-state index contributed by atoms with van der Waals surface area (Å²) >= 11 is 6.08. The summed E-state index contributed by atoms with van der Waals surface area (Å²) in [6.45, 7) is 2.22. The average molecular weight is 355 g/mol. The standard InChI is InChI=1S/C17H20ClFN2O3/c18-13-10-12(19)2-3-14(13)20-6-8-21(9-7-20)15(22)11-17(16(23)24)4-1-5-17/h2-3,10H,1,4-9,11H2,(H,23,24). The van der Waals surface area contributed by atoms with Crippen molar-refractivity contribution in [2.75, 3.05) is 31.1 Å². The van der Waals surface area contributed by atoms with Gasteiger partial charge in [0.1, 0.15) is 5.82 Å². The lowest BCUT2D eigenvalue weighted by Gasteiger charge is -2.41. The van der Waals surface area contributed by atoms with E-state index in [0.29, 0.717) is 44.0 Å². The average Bonchev–Trinajstić information content (AvgIpc) is 2.50. The van der Waals surface area contributed by atoms with Gasteiger partial charge in [-0.3, -0.25) is 9.59 Å². The van der Waals surface area contributed by atoms with Crippen molar-refractivity contribution in [3.05, 3.63) is 29.0 Å². The number of halogens is 2. The number of hydrogen-bond donors (Lipinski definition) is 1. The van der Waals surface area contributed by atoms with Crippen LogP contribution in [-0.4, -0.2) is 48.1 Å². The molecule has 24 heavy (non-hydrogen) atoms. The molecule has 1 heterocycles. The summed E-state index contributed by atoms with van der Waals surface area (Å²) in [6.07, 6.45) is 2.12. The van der Waals surface area contributed by atoms with Crippen molar-refractivity contribution in [2.45, 2.75) is 25.7 Å². The Labute approximate surface area is 145 Å². The summed E-state index contributed by atoms with van der Waals surface area (Å²) in [4.78, 5) is 27.6. The van der Waals surface area contributed by atoms with Crippen LogP contribution in [0.3, 0.4) is 0 Å². The van der Waals surface area contributed by atoms with Crippen LogP contribution in [0, 0.1) is 11.2 Å². The zero-order valence-corrected chi connectivity index (χ0v) is 14.1. The molecular weight excluding hydrogens is 335 g/mol. The Morgan fingerprint density at radius 1 is 1.21 bits per heavy atom. The lowest BCUT2D eigenvalue weighted by molar-refractivity contribution is -0.159. The summed E-state index contributed by atoms with van der Waals surface area (Å²) in [5.41, 5.74) is -0.0970. The Morgan fingerprint density at radius 3 is 2.38 bits per heavy atom. The van der Waals surface area contributed by atoms with Gasteiger partial charge in [0, 0.05) is 32.6 Å². The first-order valence-corrected chi connectivity index (χ1v) is 8.50. The lowest BCUT2D eigenvalue weighted by atomic mass is 9.66. The summed E-state index contributed by atoms with van der Waals surface area (Å²) < 4.78 is 13.1. The molecule has 1 aliphatic heterocycles. The zero-order valence-electron chi connectivity index (χ0n) is 13.3. The second kappa shape index (κ2) is 6.59. The second-order valence-electron chi connectivity index (χ2n) is 6.58. The molecule has 3 rings (SSSR count). The third-order valence-electron chi connectivity index (χ3n) is 5.14. The van der Waals surface area contributed by atoms with Crippen LogP contribution in [0.15, 0.2) is 18.2 Å². The first-order chi connectivity index (χ1) is 11.4. The number of carboxylic acid groups (broad SMARTS) is 1. The number of carbonyl (C=O) groups is 2. The molecule has 1 saturated heterocycles. The molecule has 0 spiro atoms. The van der Waals surface area contributed by atoms with Gasteiger partial charge in [-0.05, 0) is 31.0 Å². The molecule has 130 valence electrons. The number of rotatable bonds is 4. The van der Waals surface area contributed by atoms with Gasteiger partial charge in [-0.25, -0.2) is 4.39 Å². The zero-order chi connectivity index (χ0) is 17.3. The van der Waals surface area contributed by atoms with Crippen molar-refractivity contribution in [1.29, 1.82) is 0 Å². The SMILES string of the molecule is O=C(CC1(C(=O)O)CCC1)N1CCN(c2ccc(F)cc2Cl)CC1. The molecule has 1 amide bonds. The van der Waals surface area contributed by atoms with Crippen LogP contribution in [0.2, 0.25) is 5.02 Å². The van der Waals surface area contributed by atoms with E-state index in [0.717, 1.165) is 12.1 Å². The largest absolute Gasteiger partial charge is 0.481 e. The molecule has 0 bridgehead atoms. The molecule has 1 aromatic rings. The smallest absolute Gasteiger partial charge is 0.310 e. The molecule has 5 nitrogen and oxygen atoms in total. The Kier molecular flexibility index (Phi) is 4.67. The summed E-state index contributed by atoms with van der Waals surface area (Å²) in [6, 6.07) is 4.29. The van der Waals surface area contributed by atoms with E-state index in [-0.39, 0.29) is 18.1 Å². The first-order valence-electron chi connectivity index (χ1n) is 8.12. The maximum absolute atomic E-state index is 13.1. The second-order valence-corrected chi connectivity index (χ2v) is 6.99. The van der Waals surface area contributed by atoms with E-state index in [1.165, 1.54) is 12.1 Å². The van der Waals surface area contributed by atoms with Crippen molar-refractivity contribution in [3.8, 4) is 0 Å². The first kappa shape index (κ1) is 17.0. The summed E-state index contributed by atoms with van der Waals surface area (Å²) in [7, 11) is 0. The van der Waals surface area contributed by atoms with Crippen LogP contribution in [0.1, 0.15) is 25.7 Å². The van der Waals surface area contributed by atoms with Crippen molar-refractivity contribution in [1.82, 2.24) is 4.90 Å². The Morgan fingerprint density at radius 2 is 1.88 bits per heavy atom. The maximum atomic E-state index is 13.1. The topological polar surface area (TPSA) is 60.9 Å². The third kappa shape index (κ3) is 3.20. The maximum Gasteiger partial charge on any atom is 0.310 e. The minimum absolute atomic E-state index is 0.0830. The van der Waals surface area contributed by atoms with Gasteiger partial charge in [-0.2, -0.15) is 0 Å². The van der Waals surface area contributed by atoms with E-state index in [1.54, 1.807) is 11.0 Å². The van der Waals surface area contributed by atoms with Gasteiger partial charge in [0.2, 0.25) is 5.91 Å². The number of carboxylic acids is 1. The van der Waals surface area contributed by atoms with Crippen molar-refractivity contribution < 1.29 is 19.1 Å². The van der Waals surface area contributed by atoms with Crippen LogP contribution in [0.25, 0.3) is 0 Å². The highest BCUT2D eigenvalue weighted by Crippen LogP contribution is 2.44. The van der Waals surface area contributed by atoms with Crippen molar-refractivity contribution in [3.63, 3.8) is 0 Å². The number of hydrogen-bond acceptors (Lipinski definition) is 3. The molecule has 1 aromatic carbocycles. The Hall–Kier alpha value is -1.82. The lowest BCUT2D eigenvalue weighted by Crippen LogP contribution is -2.51. The predicted molar refractivity (Wildman–Crippen MR) is 88.7 cm³/mol. The van der Waals surface area contributed by atoms with Gasteiger partial charge in [0.05, 0.1) is 16.1 Å². The number of anilines is 1. The van der Waals surface area contributed by atoms with Crippen LogP contribution in [0.4, 0.5) is 10.1 Å². The van der Waals surface area contributed by atoms with Gasteiger partial charge in [0.15, 0.2) is 0 Å². The molecule has 0 radical (unpaired) electrons. The van der Waals surface area contributed by atoms with E-state index >= 15 is 0 Å². The van der Waals surface area contributed by atoms with Crippen LogP contribution >= 0.6 is 11.6 Å². The quantitative estimate of drug-likeness (QED) is 0.903. The highest BCUT2D eigenvalue weighted by molar-refractivity contribution is 6.33. The van der Waals surface area contributed by atoms with E-state index in [2.05, 4.69) is 0 Å². The van der Waals surface area contributed by atoms with E-state index in [4.69, 9.17) is 11.6 Å².